The van der Waals surface area contributed by atoms with Crippen LogP contribution in [-0.4, -0.2) is 6.54 Å². The maximum atomic E-state index is 5.40. The summed E-state index contributed by atoms with van der Waals surface area (Å²) in [6.07, 6.45) is 6.58. The van der Waals surface area contributed by atoms with Crippen LogP contribution in [0.15, 0.2) is 48.5 Å². The Labute approximate surface area is 108 Å². The number of benzene rings is 2. The summed E-state index contributed by atoms with van der Waals surface area (Å²) in [5.41, 5.74) is 5.00. The van der Waals surface area contributed by atoms with Crippen molar-refractivity contribution in [2.75, 3.05) is 11.9 Å². The number of fused-ring (bicyclic) bond motifs is 1. The number of hydrogen-bond donors (Lipinski definition) is 1. The Balaban J connectivity index is 1.65. The molecule has 1 unspecified atom stereocenters. The van der Waals surface area contributed by atoms with Crippen molar-refractivity contribution in [2.45, 2.75) is 12.3 Å². The first-order valence-corrected chi connectivity index (χ1v) is 6.25. The lowest BCUT2D eigenvalue weighted by atomic mass is 9.77. The highest BCUT2D eigenvalue weighted by molar-refractivity contribution is 5.51. The average Bonchev–Trinajstić information content (AvgIpc) is 2.40. The maximum Gasteiger partial charge on any atom is 0.0352 e. The van der Waals surface area contributed by atoms with Crippen molar-refractivity contribution in [2.24, 2.45) is 0 Å². The lowest BCUT2D eigenvalue weighted by Gasteiger charge is -2.30. The van der Waals surface area contributed by atoms with Gasteiger partial charge in [0.1, 0.15) is 0 Å². The SMILES string of the molecule is C#Cc1cccc(NCC2Cc3ccccc32)c1. The Kier molecular flexibility index (Phi) is 2.78. The van der Waals surface area contributed by atoms with E-state index in [4.69, 9.17) is 6.42 Å². The third-order valence-corrected chi connectivity index (χ3v) is 3.54. The molecule has 18 heavy (non-hydrogen) atoms. The molecule has 1 N–H and O–H groups in total. The lowest BCUT2D eigenvalue weighted by Crippen LogP contribution is -2.24. The van der Waals surface area contributed by atoms with E-state index in [9.17, 15) is 0 Å². The van der Waals surface area contributed by atoms with Gasteiger partial charge in [-0.05, 0) is 35.7 Å². The van der Waals surface area contributed by atoms with Gasteiger partial charge in [0.15, 0.2) is 0 Å². The lowest BCUT2D eigenvalue weighted by molar-refractivity contribution is 0.636. The number of anilines is 1. The van der Waals surface area contributed by atoms with E-state index < -0.39 is 0 Å². The summed E-state index contributed by atoms with van der Waals surface area (Å²) in [4.78, 5) is 0. The molecule has 0 amide bonds. The van der Waals surface area contributed by atoms with Crippen molar-refractivity contribution >= 4 is 5.69 Å². The normalized spacial score (nSPS) is 16.3. The van der Waals surface area contributed by atoms with E-state index in [2.05, 4.69) is 41.6 Å². The molecule has 0 aliphatic heterocycles. The number of rotatable bonds is 3. The molecule has 0 bridgehead atoms. The average molecular weight is 233 g/mol. The van der Waals surface area contributed by atoms with Gasteiger partial charge >= 0.3 is 0 Å². The fourth-order valence-corrected chi connectivity index (χ4v) is 2.50. The molecule has 1 heteroatoms. The minimum absolute atomic E-state index is 0.635. The largest absolute Gasteiger partial charge is 0.384 e. The van der Waals surface area contributed by atoms with Crippen LogP contribution >= 0.6 is 0 Å². The Morgan fingerprint density at radius 1 is 1.17 bits per heavy atom. The van der Waals surface area contributed by atoms with Crippen LogP contribution in [0.1, 0.15) is 22.6 Å². The van der Waals surface area contributed by atoms with Gasteiger partial charge < -0.3 is 5.32 Å². The molecular weight excluding hydrogens is 218 g/mol. The summed E-state index contributed by atoms with van der Waals surface area (Å²) in [6, 6.07) is 16.7. The van der Waals surface area contributed by atoms with Crippen LogP contribution in [0.25, 0.3) is 0 Å². The standard InChI is InChI=1S/C17H15N/c1-2-13-6-5-8-16(10-13)18-12-15-11-14-7-3-4-9-17(14)15/h1,3-10,15,18H,11-12H2. The summed E-state index contributed by atoms with van der Waals surface area (Å²) >= 11 is 0. The van der Waals surface area contributed by atoms with Gasteiger partial charge in [0.2, 0.25) is 0 Å². The molecular formula is C17H15N. The fraction of sp³-hybridized carbons (Fsp3) is 0.176. The van der Waals surface area contributed by atoms with E-state index >= 15 is 0 Å². The second kappa shape index (κ2) is 4.58. The first kappa shape index (κ1) is 10.9. The van der Waals surface area contributed by atoms with Gasteiger partial charge in [-0.1, -0.05) is 36.3 Å². The zero-order valence-corrected chi connectivity index (χ0v) is 10.2. The van der Waals surface area contributed by atoms with E-state index in [0.29, 0.717) is 5.92 Å². The van der Waals surface area contributed by atoms with Crippen molar-refractivity contribution in [3.8, 4) is 12.3 Å². The van der Waals surface area contributed by atoms with E-state index in [1.807, 2.05) is 18.2 Å². The predicted molar refractivity (Wildman–Crippen MR) is 75.8 cm³/mol. The molecule has 2 aromatic carbocycles. The number of nitrogens with one attached hydrogen (secondary N) is 1. The molecule has 0 aromatic heterocycles. The zero-order chi connectivity index (χ0) is 12.4. The van der Waals surface area contributed by atoms with E-state index in [1.165, 1.54) is 17.5 Å². The Morgan fingerprint density at radius 3 is 2.89 bits per heavy atom. The van der Waals surface area contributed by atoms with Gasteiger partial charge in [-0.15, -0.1) is 6.42 Å². The fourth-order valence-electron chi connectivity index (χ4n) is 2.50. The van der Waals surface area contributed by atoms with E-state index in [0.717, 1.165) is 17.8 Å². The third kappa shape index (κ3) is 1.98. The first-order valence-electron chi connectivity index (χ1n) is 6.25. The van der Waals surface area contributed by atoms with Gasteiger partial charge in [-0.25, -0.2) is 0 Å². The molecule has 2 aromatic rings. The van der Waals surface area contributed by atoms with E-state index in [1.54, 1.807) is 0 Å². The van der Waals surface area contributed by atoms with Crippen molar-refractivity contribution in [3.63, 3.8) is 0 Å². The van der Waals surface area contributed by atoms with Crippen molar-refractivity contribution in [3.05, 3.63) is 65.2 Å². The summed E-state index contributed by atoms with van der Waals surface area (Å²) in [7, 11) is 0. The van der Waals surface area contributed by atoms with Gasteiger partial charge in [-0.3, -0.25) is 0 Å². The molecule has 0 fully saturated rings. The highest BCUT2D eigenvalue weighted by Gasteiger charge is 2.24. The topological polar surface area (TPSA) is 12.0 Å². The summed E-state index contributed by atoms with van der Waals surface area (Å²) in [5.74, 6) is 3.29. The Bertz CT molecular complexity index is 607. The number of hydrogen-bond acceptors (Lipinski definition) is 1. The molecule has 0 saturated carbocycles. The molecule has 0 spiro atoms. The van der Waals surface area contributed by atoms with E-state index in [-0.39, 0.29) is 0 Å². The van der Waals surface area contributed by atoms with Crippen LogP contribution in [0.2, 0.25) is 0 Å². The summed E-state index contributed by atoms with van der Waals surface area (Å²) < 4.78 is 0. The minimum Gasteiger partial charge on any atom is -0.384 e. The van der Waals surface area contributed by atoms with Gasteiger partial charge in [-0.2, -0.15) is 0 Å². The Morgan fingerprint density at radius 2 is 2.06 bits per heavy atom. The zero-order valence-electron chi connectivity index (χ0n) is 10.2. The molecule has 0 radical (unpaired) electrons. The van der Waals surface area contributed by atoms with Crippen LogP contribution in [0, 0.1) is 12.3 Å². The monoisotopic (exact) mass is 233 g/mol. The van der Waals surface area contributed by atoms with Crippen molar-refractivity contribution < 1.29 is 0 Å². The highest BCUT2D eigenvalue weighted by atomic mass is 14.9. The molecule has 0 heterocycles. The Hall–Kier alpha value is -2.20. The molecule has 88 valence electrons. The molecule has 1 nitrogen and oxygen atoms in total. The van der Waals surface area contributed by atoms with Gasteiger partial charge in [0.05, 0.1) is 0 Å². The van der Waals surface area contributed by atoms with Crippen LogP contribution in [0.5, 0.6) is 0 Å². The summed E-state index contributed by atoms with van der Waals surface area (Å²) in [5, 5.41) is 3.47. The molecule has 0 saturated heterocycles. The molecule has 1 atom stereocenters. The van der Waals surface area contributed by atoms with Gasteiger partial charge in [0.25, 0.3) is 0 Å². The van der Waals surface area contributed by atoms with Crippen molar-refractivity contribution in [1.29, 1.82) is 0 Å². The third-order valence-electron chi connectivity index (χ3n) is 3.54. The number of terminal acetylenes is 1. The molecule has 1 aliphatic rings. The smallest absolute Gasteiger partial charge is 0.0352 e. The van der Waals surface area contributed by atoms with Gasteiger partial charge in [0, 0.05) is 23.7 Å². The minimum atomic E-state index is 0.635. The van der Waals surface area contributed by atoms with Crippen LogP contribution in [0.4, 0.5) is 5.69 Å². The predicted octanol–water partition coefficient (Wildman–Crippen LogP) is 3.42. The molecule has 3 rings (SSSR count). The second-order valence-corrected chi connectivity index (χ2v) is 4.71. The maximum absolute atomic E-state index is 5.40. The molecule has 1 aliphatic carbocycles. The van der Waals surface area contributed by atoms with Crippen LogP contribution < -0.4 is 5.32 Å². The van der Waals surface area contributed by atoms with Crippen LogP contribution in [0.3, 0.4) is 0 Å². The second-order valence-electron chi connectivity index (χ2n) is 4.71. The first-order chi connectivity index (χ1) is 8.86. The quantitative estimate of drug-likeness (QED) is 0.801. The van der Waals surface area contributed by atoms with Crippen molar-refractivity contribution in [1.82, 2.24) is 0 Å². The van der Waals surface area contributed by atoms with Crippen LogP contribution in [-0.2, 0) is 6.42 Å². The summed E-state index contributed by atoms with van der Waals surface area (Å²) in [6.45, 7) is 0.977. The highest BCUT2D eigenvalue weighted by Crippen LogP contribution is 2.34.